The number of ether oxygens (including phenoxy) is 1. The first-order valence-corrected chi connectivity index (χ1v) is 12.2. The zero-order chi connectivity index (χ0) is 26.1. The molecule has 1 unspecified atom stereocenters. The average molecular weight is 518 g/mol. The maximum atomic E-state index is 13.4. The summed E-state index contributed by atoms with van der Waals surface area (Å²) in [6, 6.07) is 11.4. The number of nitriles is 1. The van der Waals surface area contributed by atoms with Crippen LogP contribution in [-0.2, 0) is 24.2 Å². The minimum Gasteiger partial charge on any atom is -0.480 e. The fourth-order valence-corrected chi connectivity index (χ4v) is 5.23. The van der Waals surface area contributed by atoms with Gasteiger partial charge in [0.25, 0.3) is 0 Å². The molecular formula is C21H23N6O8P. The van der Waals surface area contributed by atoms with E-state index >= 15 is 0 Å². The Balaban J connectivity index is 1.59. The molecule has 3 heterocycles. The molecule has 6 atom stereocenters. The standard InChI is InChI=1S/C21H23N6O8P/c1-12(20(30)31)26-36(32,35-13-5-3-2-4-6-13)33-9-15-17(28)18(29)21(10-22,34-15)16-8-7-14-19(23)24-11-25-27(14)16/h2-8,11-12,15,17-18,28-29H,9H2,1H3,(H,26,32)(H,30,31)(H2,23,24,25)/t12?,15-,17-,18-,21+,36+/m1/s1. The number of carboxylic acid groups (broad SMARTS) is 1. The Morgan fingerprint density at radius 1 is 1.36 bits per heavy atom. The fraction of sp³-hybridized carbons (Fsp3) is 0.333. The van der Waals surface area contributed by atoms with E-state index in [9.17, 15) is 29.9 Å². The Bertz CT molecular complexity index is 1350. The fourth-order valence-electron chi connectivity index (χ4n) is 3.72. The third-order valence-corrected chi connectivity index (χ3v) is 7.23. The highest BCUT2D eigenvalue weighted by molar-refractivity contribution is 7.52. The molecule has 14 nitrogen and oxygen atoms in total. The van der Waals surface area contributed by atoms with Gasteiger partial charge in [-0.3, -0.25) is 9.32 Å². The molecule has 0 spiro atoms. The normalized spacial score (nSPS) is 26.2. The van der Waals surface area contributed by atoms with Crippen molar-refractivity contribution in [3.05, 3.63) is 54.5 Å². The number of nitrogens with one attached hydrogen (secondary N) is 1. The summed E-state index contributed by atoms with van der Waals surface area (Å²) in [6.07, 6.45) is -3.62. The number of anilines is 1. The van der Waals surface area contributed by atoms with E-state index in [1.807, 2.05) is 6.07 Å². The average Bonchev–Trinajstić information content (AvgIpc) is 3.39. The van der Waals surface area contributed by atoms with Crippen LogP contribution >= 0.6 is 7.75 Å². The van der Waals surface area contributed by atoms with E-state index in [0.29, 0.717) is 5.52 Å². The molecule has 1 aliphatic rings. The largest absolute Gasteiger partial charge is 0.480 e. The second kappa shape index (κ2) is 9.82. The summed E-state index contributed by atoms with van der Waals surface area (Å²) in [6.45, 7) is 0.606. The zero-order valence-corrected chi connectivity index (χ0v) is 19.7. The van der Waals surface area contributed by atoms with Gasteiger partial charge in [-0.25, -0.2) is 14.1 Å². The summed E-state index contributed by atoms with van der Waals surface area (Å²) in [7, 11) is -4.33. The predicted octanol–water partition coefficient (Wildman–Crippen LogP) is 0.417. The number of carbonyl (C=O) groups is 1. The number of aliphatic hydroxyl groups excluding tert-OH is 2. The molecule has 0 aliphatic carbocycles. The molecule has 2 aromatic heterocycles. The number of nitrogens with zero attached hydrogens (tertiary/aromatic N) is 4. The maximum absolute atomic E-state index is 13.4. The van der Waals surface area contributed by atoms with Crippen molar-refractivity contribution in [3.8, 4) is 11.8 Å². The van der Waals surface area contributed by atoms with Crippen LogP contribution in [0, 0.1) is 11.3 Å². The molecule has 1 aromatic carbocycles. The number of hydrogen-bond acceptors (Lipinski definition) is 11. The van der Waals surface area contributed by atoms with Crippen LogP contribution in [0.4, 0.5) is 5.82 Å². The summed E-state index contributed by atoms with van der Waals surface area (Å²) in [4.78, 5) is 15.2. The highest BCUT2D eigenvalue weighted by atomic mass is 31.2. The summed E-state index contributed by atoms with van der Waals surface area (Å²) < 4.78 is 31.3. The molecule has 1 fully saturated rings. The van der Waals surface area contributed by atoms with E-state index in [-0.39, 0.29) is 17.3 Å². The number of benzene rings is 1. The van der Waals surface area contributed by atoms with Gasteiger partial charge in [-0.05, 0) is 31.2 Å². The lowest BCUT2D eigenvalue weighted by Gasteiger charge is -2.25. The number of hydrogen-bond donors (Lipinski definition) is 5. The summed E-state index contributed by atoms with van der Waals surface area (Å²) in [5.74, 6) is -1.06. The molecule has 0 bridgehead atoms. The van der Waals surface area contributed by atoms with Gasteiger partial charge in [0.05, 0.1) is 12.3 Å². The first-order valence-electron chi connectivity index (χ1n) is 10.6. The number of aromatic nitrogens is 3. The lowest BCUT2D eigenvalue weighted by Crippen LogP contribution is -2.41. The topological polar surface area (TPSA) is 215 Å². The van der Waals surface area contributed by atoms with Crippen LogP contribution in [0.2, 0.25) is 0 Å². The van der Waals surface area contributed by atoms with Gasteiger partial charge in [0.1, 0.15) is 48.0 Å². The number of carboxylic acids is 1. The summed E-state index contributed by atoms with van der Waals surface area (Å²) >= 11 is 0. The van der Waals surface area contributed by atoms with Gasteiger partial charge in [0.2, 0.25) is 5.60 Å². The Hall–Kier alpha value is -3.57. The summed E-state index contributed by atoms with van der Waals surface area (Å²) in [5, 5.41) is 47.1. The van der Waals surface area contributed by atoms with Crippen molar-refractivity contribution in [1.29, 1.82) is 5.26 Å². The number of aliphatic hydroxyl groups is 2. The molecule has 3 aromatic rings. The van der Waals surface area contributed by atoms with Crippen molar-refractivity contribution >= 4 is 25.1 Å². The molecule has 0 amide bonds. The molecule has 6 N–H and O–H groups in total. The quantitative estimate of drug-likeness (QED) is 0.243. The van der Waals surface area contributed by atoms with E-state index in [2.05, 4.69) is 15.2 Å². The van der Waals surface area contributed by atoms with E-state index in [1.165, 1.54) is 35.7 Å². The van der Waals surface area contributed by atoms with Crippen molar-refractivity contribution in [3.63, 3.8) is 0 Å². The highest BCUT2D eigenvalue weighted by Gasteiger charge is 2.58. The third-order valence-electron chi connectivity index (χ3n) is 5.59. The number of nitrogen functional groups attached to an aromatic ring is 1. The van der Waals surface area contributed by atoms with Crippen LogP contribution in [0.5, 0.6) is 5.75 Å². The van der Waals surface area contributed by atoms with Crippen LogP contribution in [0.1, 0.15) is 12.6 Å². The molecule has 15 heteroatoms. The van der Waals surface area contributed by atoms with E-state index < -0.39 is 50.3 Å². The predicted molar refractivity (Wildman–Crippen MR) is 122 cm³/mol. The second-order valence-electron chi connectivity index (χ2n) is 7.99. The first kappa shape index (κ1) is 25.5. The van der Waals surface area contributed by atoms with Crippen LogP contribution < -0.4 is 15.3 Å². The lowest BCUT2D eigenvalue weighted by molar-refractivity contribution is -0.138. The third kappa shape index (κ3) is 4.63. The van der Waals surface area contributed by atoms with Crippen molar-refractivity contribution in [2.45, 2.75) is 36.9 Å². The van der Waals surface area contributed by atoms with Crippen molar-refractivity contribution < 1.29 is 38.5 Å². The molecule has 1 saturated heterocycles. The van der Waals surface area contributed by atoms with Gasteiger partial charge in [0.15, 0.2) is 5.82 Å². The lowest BCUT2D eigenvalue weighted by atomic mass is 9.92. The van der Waals surface area contributed by atoms with Crippen LogP contribution in [0.25, 0.3) is 5.52 Å². The van der Waals surface area contributed by atoms with Crippen LogP contribution in [-0.4, -0.2) is 66.8 Å². The molecule has 36 heavy (non-hydrogen) atoms. The minimum atomic E-state index is -4.33. The number of aliphatic carboxylic acids is 1. The van der Waals surface area contributed by atoms with Crippen LogP contribution in [0.3, 0.4) is 0 Å². The van der Waals surface area contributed by atoms with E-state index in [0.717, 1.165) is 6.33 Å². The molecule has 190 valence electrons. The van der Waals surface area contributed by atoms with E-state index in [1.54, 1.807) is 18.2 Å². The van der Waals surface area contributed by atoms with Crippen LogP contribution in [0.15, 0.2) is 48.8 Å². The Morgan fingerprint density at radius 2 is 2.08 bits per heavy atom. The zero-order valence-electron chi connectivity index (χ0n) is 18.8. The van der Waals surface area contributed by atoms with Gasteiger partial charge in [-0.15, -0.1) is 0 Å². The van der Waals surface area contributed by atoms with Gasteiger partial charge in [-0.1, -0.05) is 18.2 Å². The number of nitrogens with two attached hydrogens (primary N) is 1. The van der Waals surface area contributed by atoms with Crippen molar-refractivity contribution in [2.24, 2.45) is 0 Å². The van der Waals surface area contributed by atoms with Gasteiger partial charge < -0.3 is 30.3 Å². The smallest absolute Gasteiger partial charge is 0.459 e. The monoisotopic (exact) mass is 518 g/mol. The second-order valence-corrected chi connectivity index (χ2v) is 9.68. The van der Waals surface area contributed by atoms with Crippen molar-refractivity contribution in [2.75, 3.05) is 12.3 Å². The minimum absolute atomic E-state index is 0.0736. The van der Waals surface area contributed by atoms with Crippen molar-refractivity contribution in [1.82, 2.24) is 19.7 Å². The number of para-hydroxylation sites is 1. The molecule has 1 aliphatic heterocycles. The van der Waals surface area contributed by atoms with Gasteiger partial charge >= 0.3 is 13.7 Å². The maximum Gasteiger partial charge on any atom is 0.459 e. The highest BCUT2D eigenvalue weighted by Crippen LogP contribution is 2.47. The van der Waals surface area contributed by atoms with E-state index in [4.69, 9.17) is 19.5 Å². The molecular weight excluding hydrogens is 495 g/mol. The number of fused-ring (bicyclic) bond motifs is 1. The Kier molecular flexibility index (Phi) is 6.96. The van der Waals surface area contributed by atoms with Gasteiger partial charge in [-0.2, -0.15) is 15.4 Å². The Morgan fingerprint density at radius 3 is 2.75 bits per heavy atom. The van der Waals surface area contributed by atoms with Gasteiger partial charge in [0, 0.05) is 0 Å². The first-order chi connectivity index (χ1) is 17.1. The SMILES string of the molecule is CC(N[P@](=O)(OC[C@H]1O[C@@](C#N)(c2ccc3c(N)ncnn23)[C@H](O)[C@@H]1O)Oc1ccccc1)C(=O)O. The Labute approximate surface area is 204 Å². The molecule has 0 saturated carbocycles. The summed E-state index contributed by atoms with van der Waals surface area (Å²) in [5.41, 5.74) is 4.17. The number of rotatable bonds is 9. The molecule has 4 rings (SSSR count). The molecule has 0 radical (unpaired) electrons.